The van der Waals surface area contributed by atoms with E-state index in [-0.39, 0.29) is 22.0 Å². The van der Waals surface area contributed by atoms with Gasteiger partial charge in [-0.1, -0.05) is 29.3 Å². The van der Waals surface area contributed by atoms with E-state index in [1.54, 1.807) is 13.8 Å². The highest BCUT2D eigenvalue weighted by atomic mass is 35.5. The lowest BCUT2D eigenvalue weighted by Gasteiger charge is -2.19. The van der Waals surface area contributed by atoms with Crippen LogP contribution in [-0.4, -0.2) is 29.1 Å². The Kier molecular flexibility index (Phi) is 6.01. The smallest absolute Gasteiger partial charge is 0.406 e. The minimum Gasteiger partial charge on any atom is -0.406 e. The Bertz CT molecular complexity index is 1030. The number of hydrogen-bond donors (Lipinski definition) is 1. The lowest BCUT2D eigenvalue weighted by Crippen LogP contribution is -2.38. The van der Waals surface area contributed by atoms with E-state index in [4.69, 9.17) is 23.2 Å². The van der Waals surface area contributed by atoms with E-state index < -0.39 is 30.0 Å². The highest BCUT2D eigenvalue weighted by molar-refractivity contribution is 6.41. The van der Waals surface area contributed by atoms with Crippen molar-refractivity contribution in [1.29, 1.82) is 0 Å². The van der Waals surface area contributed by atoms with Crippen LogP contribution in [0.1, 0.15) is 19.4 Å². The fourth-order valence-electron chi connectivity index (χ4n) is 2.96. The highest BCUT2D eigenvalue weighted by Gasteiger charge is 2.41. The number of nitrogens with zero attached hydrogens (tertiary/aromatic N) is 1. The molecule has 1 aliphatic heterocycles. The molecular formula is C20H15Cl2F3N2O3. The summed E-state index contributed by atoms with van der Waals surface area (Å²) < 4.78 is 40.8. The van der Waals surface area contributed by atoms with Crippen molar-refractivity contribution >= 4 is 46.3 Å². The van der Waals surface area contributed by atoms with E-state index in [1.807, 2.05) is 0 Å². The van der Waals surface area contributed by atoms with Gasteiger partial charge in [0, 0.05) is 22.3 Å². The molecule has 0 aliphatic carbocycles. The molecule has 3 rings (SSSR count). The Morgan fingerprint density at radius 3 is 2.17 bits per heavy atom. The average molecular weight is 459 g/mol. The summed E-state index contributed by atoms with van der Waals surface area (Å²) >= 11 is 12.2. The number of nitrogens with one attached hydrogen (secondary N) is 1. The maximum absolute atomic E-state index is 13.0. The molecule has 158 valence electrons. The van der Waals surface area contributed by atoms with Gasteiger partial charge in [0.1, 0.15) is 11.4 Å². The summed E-state index contributed by atoms with van der Waals surface area (Å²) in [5.41, 5.74) is 0.601. The second-order valence-corrected chi connectivity index (χ2v) is 7.49. The summed E-state index contributed by atoms with van der Waals surface area (Å²) in [5, 5.41) is 3.36. The lowest BCUT2D eigenvalue weighted by atomic mass is 10.0. The molecule has 0 fully saturated rings. The van der Waals surface area contributed by atoms with Crippen LogP contribution in [0, 0.1) is 0 Å². The zero-order valence-corrected chi connectivity index (χ0v) is 17.2. The van der Waals surface area contributed by atoms with Gasteiger partial charge in [-0.2, -0.15) is 0 Å². The van der Waals surface area contributed by atoms with Crippen LogP contribution < -0.4 is 10.1 Å². The number of halogens is 5. The summed E-state index contributed by atoms with van der Waals surface area (Å²) in [7, 11) is 0. The fourth-order valence-corrected chi connectivity index (χ4v) is 3.46. The van der Waals surface area contributed by atoms with Crippen molar-refractivity contribution in [2.75, 3.05) is 5.32 Å². The summed E-state index contributed by atoms with van der Waals surface area (Å²) in [6, 6.07) is 8.86. The zero-order chi connectivity index (χ0) is 22.2. The molecule has 1 N–H and O–H groups in total. The molecule has 0 saturated heterocycles. The van der Waals surface area contributed by atoms with Gasteiger partial charge in [0.15, 0.2) is 0 Å². The molecule has 2 aromatic carbocycles. The first-order valence-electron chi connectivity index (χ1n) is 8.68. The molecule has 1 heterocycles. The number of imide groups is 1. The monoisotopic (exact) mass is 458 g/mol. The first-order valence-corrected chi connectivity index (χ1v) is 9.44. The van der Waals surface area contributed by atoms with Crippen LogP contribution in [0.3, 0.4) is 0 Å². The first-order chi connectivity index (χ1) is 14.0. The third-order valence-corrected chi connectivity index (χ3v) is 4.74. The van der Waals surface area contributed by atoms with Crippen LogP contribution >= 0.6 is 23.2 Å². The quantitative estimate of drug-likeness (QED) is 0.601. The molecule has 0 aromatic heterocycles. The molecule has 30 heavy (non-hydrogen) atoms. The van der Waals surface area contributed by atoms with Gasteiger partial charge in [0.05, 0.1) is 10.6 Å². The Morgan fingerprint density at radius 2 is 1.63 bits per heavy atom. The molecule has 0 atom stereocenters. The fraction of sp³-hybridized carbons (Fsp3) is 0.200. The zero-order valence-electron chi connectivity index (χ0n) is 15.7. The second kappa shape index (κ2) is 8.20. The molecule has 1 aliphatic rings. The number of benzene rings is 2. The largest absolute Gasteiger partial charge is 0.573 e. The number of alkyl halides is 3. The minimum absolute atomic E-state index is 0.0394. The third kappa shape index (κ3) is 4.55. The van der Waals surface area contributed by atoms with E-state index >= 15 is 0 Å². The number of ether oxygens (including phenoxy) is 1. The molecule has 0 bridgehead atoms. The van der Waals surface area contributed by atoms with Crippen molar-refractivity contribution in [3.63, 3.8) is 0 Å². The Balaban J connectivity index is 2.02. The SMILES string of the molecule is CC(C)N1C(=O)C(Nc2ccc(OC(F)(F)F)cc2)=C(c2ccc(Cl)cc2Cl)C1=O. The first kappa shape index (κ1) is 22.0. The van der Waals surface area contributed by atoms with Crippen molar-refractivity contribution in [2.45, 2.75) is 26.3 Å². The lowest BCUT2D eigenvalue weighted by molar-refractivity contribution is -0.274. The number of rotatable bonds is 5. The maximum atomic E-state index is 13.0. The van der Waals surface area contributed by atoms with Gasteiger partial charge in [-0.3, -0.25) is 14.5 Å². The molecule has 2 aromatic rings. The van der Waals surface area contributed by atoms with Crippen molar-refractivity contribution < 1.29 is 27.5 Å². The van der Waals surface area contributed by atoms with Gasteiger partial charge in [0.25, 0.3) is 11.8 Å². The molecule has 0 radical (unpaired) electrons. The van der Waals surface area contributed by atoms with Crippen molar-refractivity contribution in [1.82, 2.24) is 4.90 Å². The van der Waals surface area contributed by atoms with E-state index in [9.17, 15) is 22.8 Å². The highest BCUT2D eigenvalue weighted by Crippen LogP contribution is 2.36. The maximum Gasteiger partial charge on any atom is 0.573 e. The van der Waals surface area contributed by atoms with Crippen molar-refractivity contribution in [3.05, 3.63) is 63.8 Å². The van der Waals surface area contributed by atoms with Gasteiger partial charge < -0.3 is 10.1 Å². The summed E-state index contributed by atoms with van der Waals surface area (Å²) in [6.07, 6.45) is -4.82. The third-order valence-electron chi connectivity index (χ3n) is 4.19. The molecule has 0 saturated carbocycles. The van der Waals surface area contributed by atoms with Crippen LogP contribution in [0.25, 0.3) is 5.57 Å². The van der Waals surface area contributed by atoms with Crippen molar-refractivity contribution in [3.8, 4) is 5.75 Å². The van der Waals surface area contributed by atoms with Crippen LogP contribution in [0.5, 0.6) is 5.75 Å². The second-order valence-electron chi connectivity index (χ2n) is 6.65. The van der Waals surface area contributed by atoms with Gasteiger partial charge in [-0.05, 0) is 50.2 Å². The number of anilines is 1. The topological polar surface area (TPSA) is 58.6 Å². The van der Waals surface area contributed by atoms with E-state index in [0.29, 0.717) is 10.6 Å². The predicted octanol–water partition coefficient (Wildman–Crippen LogP) is 5.49. The Morgan fingerprint density at radius 1 is 1.00 bits per heavy atom. The van der Waals surface area contributed by atoms with E-state index in [0.717, 1.165) is 17.0 Å². The van der Waals surface area contributed by atoms with Gasteiger partial charge in [0.2, 0.25) is 0 Å². The number of carbonyl (C=O) groups excluding carboxylic acids is 2. The Hall–Kier alpha value is -2.71. The molecule has 0 unspecified atom stereocenters. The normalized spacial score (nSPS) is 14.7. The molecule has 5 nitrogen and oxygen atoms in total. The number of carbonyl (C=O) groups is 2. The van der Waals surface area contributed by atoms with Crippen LogP contribution in [0.15, 0.2) is 48.2 Å². The number of hydrogen-bond acceptors (Lipinski definition) is 4. The molecule has 0 spiro atoms. The van der Waals surface area contributed by atoms with Gasteiger partial charge in [-0.25, -0.2) is 0 Å². The Labute approximate surface area is 180 Å². The summed E-state index contributed by atoms with van der Waals surface area (Å²) in [5.74, 6) is -1.54. The van der Waals surface area contributed by atoms with Crippen LogP contribution in [0.2, 0.25) is 10.0 Å². The van der Waals surface area contributed by atoms with Crippen molar-refractivity contribution in [2.24, 2.45) is 0 Å². The summed E-state index contributed by atoms with van der Waals surface area (Å²) in [4.78, 5) is 27.0. The van der Waals surface area contributed by atoms with Gasteiger partial charge >= 0.3 is 6.36 Å². The number of amides is 2. The minimum atomic E-state index is -4.82. The predicted molar refractivity (Wildman–Crippen MR) is 107 cm³/mol. The van der Waals surface area contributed by atoms with E-state index in [2.05, 4.69) is 10.1 Å². The van der Waals surface area contributed by atoms with Gasteiger partial charge in [-0.15, -0.1) is 13.2 Å². The molecule has 10 heteroatoms. The summed E-state index contributed by atoms with van der Waals surface area (Å²) in [6.45, 7) is 3.37. The molecular weight excluding hydrogens is 444 g/mol. The van der Waals surface area contributed by atoms with Crippen LogP contribution in [-0.2, 0) is 9.59 Å². The molecule has 2 amide bonds. The average Bonchev–Trinajstić information content (AvgIpc) is 2.86. The van der Waals surface area contributed by atoms with E-state index in [1.165, 1.54) is 30.3 Å². The van der Waals surface area contributed by atoms with Crippen LogP contribution in [0.4, 0.5) is 18.9 Å². The standard InChI is InChI=1S/C20H15Cl2F3N2O3/c1-10(2)27-18(28)16(14-8-3-11(21)9-15(14)22)17(19(27)29)26-12-4-6-13(7-5-12)30-20(23,24)25/h3-10,26H,1-2H3.